The molecule has 0 heterocycles. The average molecular weight is 515 g/mol. The molecule has 0 amide bonds. The predicted octanol–water partition coefficient (Wildman–Crippen LogP) is 10.8. The molecule has 0 spiro atoms. The van der Waals surface area contributed by atoms with Gasteiger partial charge in [-0.2, -0.15) is 0 Å². The first-order chi connectivity index (χ1) is 19.9. The van der Waals surface area contributed by atoms with Crippen molar-refractivity contribution in [2.24, 2.45) is 0 Å². The molecule has 0 unspecified atom stereocenters. The zero-order chi connectivity index (χ0) is 26.7. The molecule has 192 valence electrons. The summed E-state index contributed by atoms with van der Waals surface area (Å²) in [5.41, 5.74) is 7.07. The highest BCUT2D eigenvalue weighted by Crippen LogP contribution is 2.43. The van der Waals surface area contributed by atoms with E-state index in [1.807, 2.05) is 0 Å². The van der Waals surface area contributed by atoms with Gasteiger partial charge in [-0.1, -0.05) is 109 Å². The van der Waals surface area contributed by atoms with Gasteiger partial charge in [0.1, 0.15) is 0 Å². The molecule has 40 heavy (non-hydrogen) atoms. The van der Waals surface area contributed by atoms with Gasteiger partial charge in [-0.15, -0.1) is 0 Å². The van der Waals surface area contributed by atoms with Crippen LogP contribution in [0.2, 0.25) is 0 Å². The fourth-order valence-electron chi connectivity index (χ4n) is 5.82. The van der Waals surface area contributed by atoms with E-state index in [2.05, 4.69) is 168 Å². The molecule has 0 fully saturated rings. The van der Waals surface area contributed by atoms with Crippen LogP contribution in [0.1, 0.15) is 12.8 Å². The Morgan fingerprint density at radius 3 is 1.62 bits per heavy atom. The second-order valence-electron chi connectivity index (χ2n) is 10.1. The first-order valence-electron chi connectivity index (χ1n) is 13.9. The van der Waals surface area contributed by atoms with Gasteiger partial charge >= 0.3 is 0 Å². The largest absolute Gasteiger partial charge is 0.314 e. The number of rotatable bonds is 6. The molecule has 7 rings (SSSR count). The topological polar surface area (TPSA) is 6.48 Å². The number of fused-ring (bicyclic) bond motifs is 2. The number of benzene rings is 6. The fraction of sp³-hybridized carbons (Fsp3) is 0.0526. The lowest BCUT2D eigenvalue weighted by molar-refractivity contribution is 0.919. The number of hydrogen-bond donors (Lipinski definition) is 0. The predicted molar refractivity (Wildman–Crippen MR) is 171 cm³/mol. The van der Waals surface area contributed by atoms with E-state index >= 15 is 0 Å². The average Bonchev–Trinajstić information content (AvgIpc) is 3.03. The summed E-state index contributed by atoms with van der Waals surface area (Å²) in [6, 6.07) is 50.1. The molecule has 2 heteroatoms. The lowest BCUT2D eigenvalue weighted by atomic mass is 10.0. The third kappa shape index (κ3) is 4.44. The van der Waals surface area contributed by atoms with E-state index in [0.29, 0.717) is 0 Å². The zero-order valence-electron chi connectivity index (χ0n) is 22.3. The summed E-state index contributed by atoms with van der Waals surface area (Å²) in [7, 11) is 0. The maximum absolute atomic E-state index is 2.45. The molecule has 2 nitrogen and oxygen atoms in total. The SMILES string of the molecule is C1=CCCC(N(c2cccc(N(c3ccccc3)c3cccc4ccccc34)c2)c2cccc3ccccc23)=C1. The van der Waals surface area contributed by atoms with Crippen molar-refractivity contribution < 1.29 is 0 Å². The Labute approximate surface area is 235 Å². The van der Waals surface area contributed by atoms with E-state index in [9.17, 15) is 0 Å². The molecule has 6 aromatic rings. The van der Waals surface area contributed by atoms with Crippen molar-refractivity contribution in [2.75, 3.05) is 9.80 Å². The van der Waals surface area contributed by atoms with Gasteiger partial charge < -0.3 is 9.80 Å². The van der Waals surface area contributed by atoms with Gasteiger partial charge in [0.2, 0.25) is 0 Å². The summed E-state index contributed by atoms with van der Waals surface area (Å²) in [6.07, 6.45) is 8.73. The Bertz CT molecular complexity index is 1860. The molecule has 6 aromatic carbocycles. The normalized spacial score (nSPS) is 12.8. The molecule has 0 saturated heterocycles. The van der Waals surface area contributed by atoms with E-state index in [1.54, 1.807) is 0 Å². The van der Waals surface area contributed by atoms with Crippen molar-refractivity contribution >= 4 is 50.0 Å². The monoisotopic (exact) mass is 514 g/mol. The van der Waals surface area contributed by atoms with Crippen molar-refractivity contribution in [1.29, 1.82) is 0 Å². The Kier molecular flexibility index (Phi) is 6.35. The van der Waals surface area contributed by atoms with Crippen molar-refractivity contribution in [2.45, 2.75) is 12.8 Å². The summed E-state index contributed by atoms with van der Waals surface area (Å²) < 4.78 is 0. The highest BCUT2D eigenvalue weighted by Gasteiger charge is 2.20. The van der Waals surface area contributed by atoms with Crippen LogP contribution in [0.5, 0.6) is 0 Å². The van der Waals surface area contributed by atoms with E-state index in [4.69, 9.17) is 0 Å². The third-order valence-corrected chi connectivity index (χ3v) is 7.65. The minimum atomic E-state index is 0.996. The van der Waals surface area contributed by atoms with E-state index < -0.39 is 0 Å². The summed E-state index contributed by atoms with van der Waals surface area (Å²) in [5.74, 6) is 0. The summed E-state index contributed by atoms with van der Waals surface area (Å²) in [4.78, 5) is 4.82. The van der Waals surface area contributed by atoms with Crippen LogP contribution in [-0.2, 0) is 0 Å². The standard InChI is InChI=1S/C38H30N2/c1-3-18-31(19-4-1)39(37-26-11-16-29-14-7-9-24-35(29)37)33-22-13-23-34(28-33)40(32-20-5-2-6-21-32)38-27-12-17-30-15-8-10-25-36(30)38/h1-5,7-20,22-28H,6,21H2. The molecule has 0 saturated carbocycles. The number of nitrogens with zero attached hydrogens (tertiary/aromatic N) is 2. The van der Waals surface area contributed by atoms with Crippen LogP contribution in [0.3, 0.4) is 0 Å². The van der Waals surface area contributed by atoms with Crippen LogP contribution in [0, 0.1) is 0 Å². The summed E-state index contributed by atoms with van der Waals surface area (Å²) in [6.45, 7) is 0. The summed E-state index contributed by atoms with van der Waals surface area (Å²) in [5, 5.41) is 4.95. The molecule has 1 aliphatic rings. The van der Waals surface area contributed by atoms with Crippen molar-refractivity contribution in [1.82, 2.24) is 0 Å². The Morgan fingerprint density at radius 2 is 0.975 bits per heavy atom. The van der Waals surface area contributed by atoms with Gasteiger partial charge in [-0.3, -0.25) is 0 Å². The van der Waals surface area contributed by atoms with Crippen LogP contribution in [-0.4, -0.2) is 0 Å². The Morgan fingerprint density at radius 1 is 0.450 bits per heavy atom. The van der Waals surface area contributed by atoms with Gasteiger partial charge in [-0.05, 0) is 72.2 Å². The third-order valence-electron chi connectivity index (χ3n) is 7.65. The van der Waals surface area contributed by atoms with Crippen LogP contribution >= 0.6 is 0 Å². The van der Waals surface area contributed by atoms with Crippen molar-refractivity contribution in [3.8, 4) is 0 Å². The number of hydrogen-bond acceptors (Lipinski definition) is 2. The van der Waals surface area contributed by atoms with Gasteiger partial charge in [0, 0.05) is 33.5 Å². The molecule has 0 aromatic heterocycles. The fourth-order valence-corrected chi connectivity index (χ4v) is 5.82. The molecular weight excluding hydrogens is 484 g/mol. The van der Waals surface area contributed by atoms with Crippen LogP contribution in [0.15, 0.2) is 163 Å². The van der Waals surface area contributed by atoms with Gasteiger partial charge in [0.25, 0.3) is 0 Å². The number of para-hydroxylation sites is 1. The molecule has 0 N–H and O–H groups in total. The Balaban J connectivity index is 1.44. The van der Waals surface area contributed by atoms with Crippen LogP contribution in [0.4, 0.5) is 28.4 Å². The number of allylic oxidation sites excluding steroid dienone is 4. The lowest BCUT2D eigenvalue weighted by Crippen LogP contribution is -2.18. The van der Waals surface area contributed by atoms with Gasteiger partial charge in [0.15, 0.2) is 0 Å². The molecule has 0 bridgehead atoms. The second kappa shape index (κ2) is 10.6. The van der Waals surface area contributed by atoms with Crippen LogP contribution in [0.25, 0.3) is 21.5 Å². The maximum atomic E-state index is 2.45. The van der Waals surface area contributed by atoms with Crippen molar-refractivity contribution in [3.63, 3.8) is 0 Å². The number of anilines is 5. The quantitative estimate of drug-likeness (QED) is 0.218. The smallest absolute Gasteiger partial charge is 0.0540 e. The van der Waals surface area contributed by atoms with Gasteiger partial charge in [-0.25, -0.2) is 0 Å². The molecule has 0 aliphatic heterocycles. The van der Waals surface area contributed by atoms with Crippen molar-refractivity contribution in [3.05, 3.63) is 163 Å². The molecule has 0 atom stereocenters. The second-order valence-corrected chi connectivity index (χ2v) is 10.1. The first kappa shape index (κ1) is 24.0. The highest BCUT2D eigenvalue weighted by atomic mass is 15.2. The Hall–Kier alpha value is -5.08. The molecule has 0 radical (unpaired) electrons. The maximum Gasteiger partial charge on any atom is 0.0540 e. The van der Waals surface area contributed by atoms with E-state index in [0.717, 1.165) is 35.6 Å². The van der Waals surface area contributed by atoms with Gasteiger partial charge in [0.05, 0.1) is 11.4 Å². The molecule has 1 aliphatic carbocycles. The zero-order valence-corrected chi connectivity index (χ0v) is 22.3. The first-order valence-corrected chi connectivity index (χ1v) is 13.9. The van der Waals surface area contributed by atoms with Crippen LogP contribution < -0.4 is 9.80 Å². The van der Waals surface area contributed by atoms with E-state index in [1.165, 1.54) is 32.9 Å². The summed E-state index contributed by atoms with van der Waals surface area (Å²) >= 11 is 0. The highest BCUT2D eigenvalue weighted by molar-refractivity contribution is 6.00. The van der Waals surface area contributed by atoms with E-state index in [-0.39, 0.29) is 0 Å². The minimum absolute atomic E-state index is 0.996. The minimum Gasteiger partial charge on any atom is -0.314 e. The lowest BCUT2D eigenvalue weighted by Gasteiger charge is -2.32. The molecular formula is C38H30N2.